The molecule has 0 radical (unpaired) electrons. The van der Waals surface area contributed by atoms with Gasteiger partial charge in [0.05, 0.1) is 19.3 Å². The molecule has 0 fully saturated rings. The van der Waals surface area contributed by atoms with Crippen LogP contribution in [-0.4, -0.2) is 26.9 Å². The van der Waals surface area contributed by atoms with Gasteiger partial charge in [-0.15, -0.1) is 0 Å². The molecule has 2 heterocycles. The number of rotatable bonds is 5. The van der Waals surface area contributed by atoms with Crippen LogP contribution in [0.25, 0.3) is 0 Å². The number of aromatic nitrogens is 4. The van der Waals surface area contributed by atoms with Crippen molar-refractivity contribution in [2.75, 3.05) is 7.11 Å². The quantitative estimate of drug-likeness (QED) is 0.570. The Labute approximate surface area is 105 Å². The molecule has 0 saturated carbocycles. The Morgan fingerprint density at radius 1 is 1.56 bits per heavy atom. The van der Waals surface area contributed by atoms with Crippen LogP contribution in [0, 0.1) is 0 Å². The van der Waals surface area contributed by atoms with Gasteiger partial charge in [-0.3, -0.25) is 20.9 Å². The van der Waals surface area contributed by atoms with Crippen molar-refractivity contribution in [1.82, 2.24) is 25.2 Å². The first-order chi connectivity index (χ1) is 8.76. The summed E-state index contributed by atoms with van der Waals surface area (Å²) < 4.78 is 7.00. The molecule has 0 spiro atoms. The monoisotopic (exact) mass is 248 g/mol. The lowest BCUT2D eigenvalue weighted by molar-refractivity contribution is 0.395. The molecular weight excluding hydrogens is 232 g/mol. The maximum Gasteiger partial charge on any atom is 0.141 e. The number of aryl methyl sites for hydroxylation is 1. The molecule has 0 aliphatic carbocycles. The van der Waals surface area contributed by atoms with Crippen LogP contribution < -0.4 is 16.0 Å². The maximum absolute atomic E-state index is 5.61. The number of ether oxygens (including phenoxy) is 1. The van der Waals surface area contributed by atoms with Crippen molar-refractivity contribution < 1.29 is 4.74 Å². The van der Waals surface area contributed by atoms with Gasteiger partial charge in [-0.05, 0) is 6.07 Å². The molecule has 7 nitrogen and oxygen atoms in total. The number of hydrazine groups is 1. The van der Waals surface area contributed by atoms with Crippen LogP contribution in [-0.2, 0) is 13.5 Å². The number of nitrogens with two attached hydrogens (primary N) is 1. The molecule has 0 aromatic carbocycles. The molecule has 2 aromatic rings. The second-order valence-corrected chi connectivity index (χ2v) is 3.84. The Balaban J connectivity index is 2.25. The summed E-state index contributed by atoms with van der Waals surface area (Å²) >= 11 is 0. The smallest absolute Gasteiger partial charge is 0.141 e. The Kier molecular flexibility index (Phi) is 3.85. The fraction of sp³-hybridized carbons (Fsp3) is 0.364. The van der Waals surface area contributed by atoms with Crippen LogP contribution in [0.5, 0.6) is 5.75 Å². The van der Waals surface area contributed by atoms with Gasteiger partial charge in [-0.1, -0.05) is 0 Å². The molecule has 18 heavy (non-hydrogen) atoms. The maximum atomic E-state index is 5.61. The molecule has 0 saturated heterocycles. The Bertz CT molecular complexity index is 512. The lowest BCUT2D eigenvalue weighted by Gasteiger charge is -2.18. The lowest BCUT2D eigenvalue weighted by atomic mass is 10.0. The van der Waals surface area contributed by atoms with Crippen LogP contribution in [0.4, 0.5) is 0 Å². The predicted molar refractivity (Wildman–Crippen MR) is 65.6 cm³/mol. The molecule has 7 heteroatoms. The zero-order chi connectivity index (χ0) is 13.0. The average molecular weight is 248 g/mol. The third kappa shape index (κ3) is 2.47. The molecule has 0 aliphatic rings. The fourth-order valence-corrected chi connectivity index (χ4v) is 1.80. The lowest BCUT2D eigenvalue weighted by Crippen LogP contribution is -2.30. The van der Waals surface area contributed by atoms with Gasteiger partial charge in [0.2, 0.25) is 0 Å². The van der Waals surface area contributed by atoms with Crippen LogP contribution in [0.2, 0.25) is 0 Å². The largest absolute Gasteiger partial charge is 0.495 e. The minimum atomic E-state index is -0.106. The van der Waals surface area contributed by atoms with E-state index in [-0.39, 0.29) is 6.04 Å². The van der Waals surface area contributed by atoms with E-state index in [4.69, 9.17) is 10.6 Å². The van der Waals surface area contributed by atoms with E-state index >= 15 is 0 Å². The molecule has 2 rings (SSSR count). The summed E-state index contributed by atoms with van der Waals surface area (Å²) in [5.41, 5.74) is 3.71. The van der Waals surface area contributed by atoms with E-state index < -0.39 is 0 Å². The van der Waals surface area contributed by atoms with Crippen molar-refractivity contribution in [1.29, 1.82) is 0 Å². The van der Waals surface area contributed by atoms with Crippen LogP contribution in [0.1, 0.15) is 17.4 Å². The third-order valence-corrected chi connectivity index (χ3v) is 2.80. The average Bonchev–Trinajstić information content (AvgIpc) is 2.81. The van der Waals surface area contributed by atoms with Crippen molar-refractivity contribution >= 4 is 0 Å². The van der Waals surface area contributed by atoms with Crippen LogP contribution in [0.3, 0.4) is 0 Å². The first-order valence-electron chi connectivity index (χ1n) is 5.53. The number of hydrogen-bond acceptors (Lipinski definition) is 6. The summed E-state index contributed by atoms with van der Waals surface area (Å²) in [6.45, 7) is 0. The molecule has 1 unspecified atom stereocenters. The van der Waals surface area contributed by atoms with Gasteiger partial charge in [0, 0.05) is 25.2 Å². The van der Waals surface area contributed by atoms with Gasteiger partial charge in [-0.2, -0.15) is 5.10 Å². The van der Waals surface area contributed by atoms with Gasteiger partial charge in [0.25, 0.3) is 0 Å². The molecule has 0 amide bonds. The van der Waals surface area contributed by atoms with E-state index in [9.17, 15) is 0 Å². The number of methoxy groups -OCH3 is 1. The van der Waals surface area contributed by atoms with Gasteiger partial charge in [0.1, 0.15) is 17.9 Å². The number of hydrogen-bond donors (Lipinski definition) is 2. The van der Waals surface area contributed by atoms with Crippen molar-refractivity contribution in [2.45, 2.75) is 12.5 Å². The SMILES string of the molecule is COc1cnccc1C(Cc1ncnn1C)NN. The summed E-state index contributed by atoms with van der Waals surface area (Å²) in [5, 5.41) is 4.03. The highest BCUT2D eigenvalue weighted by atomic mass is 16.5. The van der Waals surface area contributed by atoms with Gasteiger partial charge < -0.3 is 4.74 Å². The molecule has 0 aliphatic heterocycles. The van der Waals surface area contributed by atoms with Gasteiger partial charge >= 0.3 is 0 Å². The molecule has 2 aromatic heterocycles. The van der Waals surface area contributed by atoms with Crippen molar-refractivity contribution in [3.05, 3.63) is 36.2 Å². The van der Waals surface area contributed by atoms with E-state index in [1.807, 2.05) is 13.1 Å². The Morgan fingerprint density at radius 2 is 2.39 bits per heavy atom. The second-order valence-electron chi connectivity index (χ2n) is 3.84. The van der Waals surface area contributed by atoms with Gasteiger partial charge in [0.15, 0.2) is 0 Å². The van der Waals surface area contributed by atoms with E-state index in [2.05, 4.69) is 20.5 Å². The molecule has 1 atom stereocenters. The van der Waals surface area contributed by atoms with E-state index in [1.54, 1.807) is 24.2 Å². The highest BCUT2D eigenvalue weighted by Gasteiger charge is 2.17. The topological polar surface area (TPSA) is 90.9 Å². The molecular formula is C11H16N6O. The summed E-state index contributed by atoms with van der Waals surface area (Å²) in [4.78, 5) is 8.21. The Hall–Kier alpha value is -1.99. The molecule has 0 bridgehead atoms. The number of pyridine rings is 1. The third-order valence-electron chi connectivity index (χ3n) is 2.80. The van der Waals surface area contributed by atoms with Gasteiger partial charge in [-0.25, -0.2) is 4.98 Å². The normalized spacial score (nSPS) is 12.4. The van der Waals surface area contributed by atoms with Crippen LogP contribution in [0.15, 0.2) is 24.8 Å². The minimum absolute atomic E-state index is 0.106. The first kappa shape index (κ1) is 12.5. The zero-order valence-electron chi connectivity index (χ0n) is 10.4. The number of nitrogens with one attached hydrogen (secondary N) is 1. The van der Waals surface area contributed by atoms with E-state index in [0.29, 0.717) is 12.2 Å². The summed E-state index contributed by atoms with van der Waals surface area (Å²) in [6.07, 6.45) is 5.51. The summed E-state index contributed by atoms with van der Waals surface area (Å²) in [5.74, 6) is 7.15. The molecule has 3 N–H and O–H groups in total. The predicted octanol–water partition coefficient (Wildman–Crippen LogP) is -0.0342. The highest BCUT2D eigenvalue weighted by molar-refractivity contribution is 5.33. The Morgan fingerprint density at radius 3 is 3.00 bits per heavy atom. The number of nitrogens with zero attached hydrogens (tertiary/aromatic N) is 4. The van der Waals surface area contributed by atoms with Crippen molar-refractivity contribution in [3.8, 4) is 5.75 Å². The second kappa shape index (κ2) is 5.56. The standard InChI is InChI=1S/C11H16N6O/c1-17-11(14-7-15-17)5-9(16-12)8-3-4-13-6-10(8)18-2/h3-4,6-7,9,16H,5,12H2,1-2H3. The van der Waals surface area contributed by atoms with Crippen molar-refractivity contribution in [2.24, 2.45) is 12.9 Å². The zero-order valence-corrected chi connectivity index (χ0v) is 10.4. The first-order valence-corrected chi connectivity index (χ1v) is 5.53. The van der Waals surface area contributed by atoms with Crippen molar-refractivity contribution in [3.63, 3.8) is 0 Å². The minimum Gasteiger partial charge on any atom is -0.495 e. The summed E-state index contributed by atoms with van der Waals surface area (Å²) in [6, 6.07) is 1.77. The van der Waals surface area contributed by atoms with Crippen LogP contribution >= 0.6 is 0 Å². The summed E-state index contributed by atoms with van der Waals surface area (Å²) in [7, 11) is 3.45. The fourth-order valence-electron chi connectivity index (χ4n) is 1.80. The van der Waals surface area contributed by atoms with E-state index in [1.165, 1.54) is 6.33 Å². The van der Waals surface area contributed by atoms with E-state index in [0.717, 1.165) is 11.4 Å². The molecule has 96 valence electrons. The highest BCUT2D eigenvalue weighted by Crippen LogP contribution is 2.25.